The van der Waals surface area contributed by atoms with Gasteiger partial charge in [-0.3, -0.25) is 9.78 Å². The molecular weight excluding hydrogens is 450 g/mol. The molecule has 0 amide bonds. The number of carbonyl (C=O) groups is 1. The molecule has 1 saturated heterocycles. The molecule has 0 bridgehead atoms. The Bertz CT molecular complexity index is 1190. The summed E-state index contributed by atoms with van der Waals surface area (Å²) in [6, 6.07) is 10.6. The molecule has 7 heteroatoms. The first-order chi connectivity index (χ1) is 17.7. The Balaban J connectivity index is 0.000000163. The Hall–Kier alpha value is -3.03. The van der Waals surface area contributed by atoms with Crippen LogP contribution < -0.4 is 20.3 Å². The van der Waals surface area contributed by atoms with Gasteiger partial charge in [0.15, 0.2) is 6.29 Å². The van der Waals surface area contributed by atoms with Gasteiger partial charge in [0, 0.05) is 43.3 Å². The quantitative estimate of drug-likeness (QED) is 0.438. The molecule has 7 nitrogen and oxygen atoms in total. The number of aromatic nitrogens is 2. The minimum Gasteiger partial charge on any atom is -0.481 e. The summed E-state index contributed by atoms with van der Waals surface area (Å²) in [6.45, 7) is 5.11. The van der Waals surface area contributed by atoms with E-state index in [1.165, 1.54) is 36.6 Å². The molecule has 36 heavy (non-hydrogen) atoms. The molecule has 2 aliphatic carbocycles. The smallest absolute Gasteiger partial charge is 0.221 e. The third-order valence-corrected chi connectivity index (χ3v) is 7.68. The summed E-state index contributed by atoms with van der Waals surface area (Å²) < 4.78 is 5.43. The highest BCUT2D eigenvalue weighted by molar-refractivity contribution is 5.87. The van der Waals surface area contributed by atoms with Gasteiger partial charge in [0.25, 0.3) is 0 Å². The maximum absolute atomic E-state index is 10.6. The Morgan fingerprint density at radius 2 is 1.94 bits per heavy atom. The summed E-state index contributed by atoms with van der Waals surface area (Å²) in [5, 5.41) is 8.99. The fourth-order valence-corrected chi connectivity index (χ4v) is 5.28. The highest BCUT2D eigenvalue weighted by atomic mass is 16.5. The summed E-state index contributed by atoms with van der Waals surface area (Å²) in [5.41, 5.74) is 4.09. The number of benzene rings is 1. The van der Waals surface area contributed by atoms with Crippen molar-refractivity contribution in [3.05, 3.63) is 59.5 Å². The molecule has 1 aliphatic heterocycles. The lowest BCUT2D eigenvalue weighted by Crippen LogP contribution is -2.26. The molecule has 0 spiro atoms. The van der Waals surface area contributed by atoms with Gasteiger partial charge in [-0.05, 0) is 85.8 Å². The molecule has 1 aromatic carbocycles. The van der Waals surface area contributed by atoms with Gasteiger partial charge in [0.1, 0.15) is 0 Å². The average molecular weight is 488 g/mol. The predicted octanol–water partition coefficient (Wildman–Crippen LogP) is 4.20. The van der Waals surface area contributed by atoms with Crippen molar-refractivity contribution in [3.8, 4) is 5.88 Å². The number of nitrogens with one attached hydrogen (secondary N) is 2. The number of rotatable bonds is 9. The van der Waals surface area contributed by atoms with Crippen LogP contribution in [0.4, 0.5) is 5.69 Å². The lowest BCUT2D eigenvalue weighted by atomic mass is 9.85. The van der Waals surface area contributed by atoms with Crippen molar-refractivity contribution in [2.24, 2.45) is 17.8 Å². The Labute approximate surface area is 213 Å². The van der Waals surface area contributed by atoms with E-state index in [-0.39, 0.29) is 0 Å². The normalized spacial score (nSPS) is 20.3. The predicted molar refractivity (Wildman–Crippen MR) is 144 cm³/mol. The summed E-state index contributed by atoms with van der Waals surface area (Å²) in [4.78, 5) is 21.5. The highest BCUT2D eigenvalue weighted by Crippen LogP contribution is 2.46. The third-order valence-electron chi connectivity index (χ3n) is 7.68. The van der Waals surface area contributed by atoms with Gasteiger partial charge in [-0.15, -0.1) is 0 Å². The van der Waals surface area contributed by atoms with Crippen molar-refractivity contribution in [3.63, 3.8) is 0 Å². The van der Waals surface area contributed by atoms with Crippen LogP contribution in [0.5, 0.6) is 5.88 Å². The van der Waals surface area contributed by atoms with E-state index in [0.717, 1.165) is 73.5 Å². The number of piperidine rings is 1. The molecule has 0 radical (unpaired) electrons. The van der Waals surface area contributed by atoms with Crippen molar-refractivity contribution in [1.82, 2.24) is 20.6 Å². The number of hydrogen-bond acceptors (Lipinski definition) is 7. The first-order valence-electron chi connectivity index (χ1n) is 13.1. The zero-order valence-corrected chi connectivity index (χ0v) is 21.4. The molecule has 2 unspecified atom stereocenters. The van der Waals surface area contributed by atoms with Crippen molar-refractivity contribution < 1.29 is 9.53 Å². The number of methoxy groups -OCH3 is 1. The van der Waals surface area contributed by atoms with Gasteiger partial charge in [-0.1, -0.05) is 12.5 Å². The first kappa shape index (κ1) is 24.7. The van der Waals surface area contributed by atoms with Crippen LogP contribution in [0.3, 0.4) is 0 Å². The fraction of sp³-hybridized carbons (Fsp3) is 0.483. The highest BCUT2D eigenvalue weighted by Gasteiger charge is 2.45. The second kappa shape index (κ2) is 11.4. The molecule has 190 valence electrons. The monoisotopic (exact) mass is 487 g/mol. The van der Waals surface area contributed by atoms with E-state index in [1.54, 1.807) is 13.3 Å². The fourth-order valence-electron chi connectivity index (χ4n) is 5.28. The van der Waals surface area contributed by atoms with Crippen molar-refractivity contribution in [2.45, 2.75) is 38.8 Å². The van der Waals surface area contributed by atoms with Crippen LogP contribution in [0.15, 0.2) is 42.7 Å². The van der Waals surface area contributed by atoms with E-state index < -0.39 is 0 Å². The van der Waals surface area contributed by atoms with Gasteiger partial charge in [-0.2, -0.15) is 0 Å². The summed E-state index contributed by atoms with van der Waals surface area (Å²) >= 11 is 0. The van der Waals surface area contributed by atoms with Crippen LogP contribution in [0.1, 0.15) is 47.3 Å². The van der Waals surface area contributed by atoms with Crippen molar-refractivity contribution in [2.75, 3.05) is 38.7 Å². The summed E-state index contributed by atoms with van der Waals surface area (Å²) in [5.74, 6) is 3.42. The number of carbonyl (C=O) groups excluding carboxylic acids is 1. The number of aldehydes is 1. The number of ether oxygens (including phenoxy) is 1. The van der Waals surface area contributed by atoms with E-state index >= 15 is 0 Å². The van der Waals surface area contributed by atoms with E-state index in [1.807, 2.05) is 19.3 Å². The zero-order chi connectivity index (χ0) is 24.9. The van der Waals surface area contributed by atoms with E-state index in [9.17, 15) is 4.79 Å². The van der Waals surface area contributed by atoms with Gasteiger partial charge in [-0.25, -0.2) is 4.98 Å². The van der Waals surface area contributed by atoms with Crippen LogP contribution in [-0.4, -0.2) is 50.0 Å². The Morgan fingerprint density at radius 3 is 2.64 bits per heavy atom. The van der Waals surface area contributed by atoms with Gasteiger partial charge in [0.2, 0.25) is 5.88 Å². The van der Waals surface area contributed by atoms with Gasteiger partial charge < -0.3 is 20.3 Å². The molecule has 2 N–H and O–H groups in total. The maximum Gasteiger partial charge on any atom is 0.221 e. The van der Waals surface area contributed by atoms with Crippen LogP contribution in [-0.2, 0) is 13.1 Å². The first-order valence-corrected chi connectivity index (χ1v) is 13.1. The molecule has 2 saturated carbocycles. The van der Waals surface area contributed by atoms with Crippen LogP contribution in [0, 0.1) is 17.8 Å². The lowest BCUT2D eigenvalue weighted by Gasteiger charge is -2.25. The third kappa shape index (κ3) is 5.85. The van der Waals surface area contributed by atoms with Crippen LogP contribution >= 0.6 is 0 Å². The van der Waals surface area contributed by atoms with E-state index in [0.29, 0.717) is 11.4 Å². The van der Waals surface area contributed by atoms with Crippen LogP contribution in [0.2, 0.25) is 0 Å². The largest absolute Gasteiger partial charge is 0.481 e. The van der Waals surface area contributed by atoms with Crippen molar-refractivity contribution in [1.29, 1.82) is 0 Å². The van der Waals surface area contributed by atoms with Gasteiger partial charge >= 0.3 is 0 Å². The molecule has 6 rings (SSSR count). The average Bonchev–Trinajstić information content (AvgIpc) is 3.49. The van der Waals surface area contributed by atoms with Crippen LogP contribution in [0.25, 0.3) is 10.8 Å². The van der Waals surface area contributed by atoms with E-state index in [4.69, 9.17) is 4.74 Å². The minimum atomic E-state index is 0.670. The topological polar surface area (TPSA) is 79.4 Å². The van der Waals surface area contributed by atoms with Gasteiger partial charge in [0.05, 0.1) is 24.7 Å². The molecule has 2 aromatic heterocycles. The van der Waals surface area contributed by atoms with Crippen molar-refractivity contribution >= 4 is 22.7 Å². The second-order valence-electron chi connectivity index (χ2n) is 10.4. The number of pyridine rings is 2. The number of fused-ring (bicyclic) bond motifs is 2. The standard InChI is InChI=1S/C18H25N3O.C11H12N2O/c1-19-12-16-9-15-8-14(11-20-10-13-4-3-5-13)6-7-17(15)18(21-16)22-2;14-7-8-1-11(4-12-3-8)13-5-9-2-10(9)6-13/h6-9,13,19-20H,3-5,10-12H2,1-2H3;1,3-4,7,9-10H,2,5-6H2. The summed E-state index contributed by atoms with van der Waals surface area (Å²) in [7, 11) is 3.61. The zero-order valence-electron chi connectivity index (χ0n) is 21.4. The number of anilines is 1. The molecule has 3 heterocycles. The molecule has 3 fully saturated rings. The number of hydrogen-bond donors (Lipinski definition) is 2. The molecule has 2 atom stereocenters. The molecule has 3 aliphatic rings. The summed E-state index contributed by atoms with van der Waals surface area (Å²) in [6.07, 6.45) is 9.89. The van der Waals surface area contributed by atoms with E-state index in [2.05, 4.69) is 49.8 Å². The SMILES string of the molecule is CNCc1cc2cc(CNCC3CCC3)ccc2c(OC)n1.O=Cc1cncc(N2CC3CC3C2)c1. The molecular formula is C29H37N5O2. The second-order valence-corrected chi connectivity index (χ2v) is 10.4. The number of nitrogens with zero attached hydrogens (tertiary/aromatic N) is 3. The Morgan fingerprint density at radius 1 is 1.11 bits per heavy atom. The Kier molecular flexibility index (Phi) is 7.78. The molecule has 3 aromatic rings. The maximum atomic E-state index is 10.6. The lowest BCUT2D eigenvalue weighted by molar-refractivity contribution is 0.112. The minimum absolute atomic E-state index is 0.670.